The van der Waals surface area contributed by atoms with Gasteiger partial charge in [-0.15, -0.1) is 10.2 Å². The lowest BCUT2D eigenvalue weighted by Gasteiger charge is -2.00. The summed E-state index contributed by atoms with van der Waals surface area (Å²) in [5.41, 5.74) is 5.37. The minimum absolute atomic E-state index is 0.0173. The number of aliphatic hydroxyl groups excluding tert-OH is 1. The SMILES string of the molecule is CC(=O)C(Sc1nnc(N)s1)=C(C)O. The summed E-state index contributed by atoms with van der Waals surface area (Å²) in [4.78, 5) is 11.3. The first-order chi connectivity index (χ1) is 6.50. The summed E-state index contributed by atoms with van der Waals surface area (Å²) >= 11 is 2.24. The Morgan fingerprint density at radius 1 is 1.50 bits per heavy atom. The molecule has 0 saturated carbocycles. The Labute approximate surface area is 89.0 Å². The standard InChI is InChI=1S/C7H9N3O2S2/c1-3(11)5(4(2)12)13-7-10-9-6(8)14-7/h11H,1-2H3,(H2,8,9). The minimum atomic E-state index is -0.205. The molecule has 1 heterocycles. The molecule has 0 unspecified atom stereocenters. The van der Waals surface area contributed by atoms with E-state index in [0.29, 0.717) is 9.47 Å². The molecular weight excluding hydrogens is 222 g/mol. The van der Waals surface area contributed by atoms with Gasteiger partial charge in [-0.2, -0.15) is 0 Å². The molecule has 5 nitrogen and oxygen atoms in total. The molecule has 7 heteroatoms. The maximum Gasteiger partial charge on any atom is 0.203 e. The average molecular weight is 231 g/mol. The molecule has 0 radical (unpaired) electrons. The van der Waals surface area contributed by atoms with E-state index in [2.05, 4.69) is 10.2 Å². The zero-order valence-corrected chi connectivity index (χ0v) is 9.28. The Morgan fingerprint density at radius 2 is 2.14 bits per heavy atom. The van der Waals surface area contributed by atoms with Gasteiger partial charge in [-0.3, -0.25) is 4.79 Å². The number of nitrogens with zero attached hydrogens (tertiary/aromatic N) is 2. The molecule has 1 rings (SSSR count). The maximum atomic E-state index is 11.1. The number of nitrogen functional groups attached to an aromatic ring is 1. The van der Waals surface area contributed by atoms with Gasteiger partial charge < -0.3 is 10.8 Å². The van der Waals surface area contributed by atoms with Gasteiger partial charge in [-0.05, 0) is 25.6 Å². The fourth-order valence-corrected chi connectivity index (χ4v) is 2.31. The first-order valence-electron chi connectivity index (χ1n) is 3.68. The molecule has 1 aromatic heterocycles. The number of hydrogen-bond acceptors (Lipinski definition) is 7. The summed E-state index contributed by atoms with van der Waals surface area (Å²) in [5.74, 6) is -0.222. The predicted molar refractivity (Wildman–Crippen MR) is 56.2 cm³/mol. The summed E-state index contributed by atoms with van der Waals surface area (Å²) in [6.07, 6.45) is 0. The van der Waals surface area contributed by atoms with Crippen LogP contribution in [0.15, 0.2) is 15.0 Å². The van der Waals surface area contributed by atoms with E-state index in [9.17, 15) is 9.90 Å². The van der Waals surface area contributed by atoms with Gasteiger partial charge in [0.15, 0.2) is 10.1 Å². The van der Waals surface area contributed by atoms with E-state index < -0.39 is 0 Å². The minimum Gasteiger partial charge on any atom is -0.511 e. The molecular formula is C7H9N3O2S2. The van der Waals surface area contributed by atoms with E-state index in [4.69, 9.17) is 5.73 Å². The largest absolute Gasteiger partial charge is 0.511 e. The Balaban J connectivity index is 2.86. The molecule has 0 aromatic carbocycles. The first kappa shape index (κ1) is 11.0. The Kier molecular flexibility index (Phi) is 3.48. The number of allylic oxidation sites excluding steroid dienone is 2. The Hall–Kier alpha value is -1.08. The van der Waals surface area contributed by atoms with Crippen molar-refractivity contribution >= 4 is 34.0 Å². The zero-order valence-electron chi connectivity index (χ0n) is 7.64. The van der Waals surface area contributed by atoms with Crippen LogP contribution in [-0.4, -0.2) is 21.1 Å². The number of aliphatic hydroxyl groups is 1. The second kappa shape index (κ2) is 4.43. The lowest BCUT2D eigenvalue weighted by Crippen LogP contribution is -1.95. The van der Waals surface area contributed by atoms with Crippen molar-refractivity contribution < 1.29 is 9.90 Å². The topological polar surface area (TPSA) is 89.1 Å². The van der Waals surface area contributed by atoms with Gasteiger partial charge in [0, 0.05) is 0 Å². The van der Waals surface area contributed by atoms with Crippen molar-refractivity contribution in [1.29, 1.82) is 0 Å². The Bertz CT molecular complexity index is 382. The van der Waals surface area contributed by atoms with Crippen LogP contribution in [0.25, 0.3) is 0 Å². The van der Waals surface area contributed by atoms with Gasteiger partial charge in [0.1, 0.15) is 5.76 Å². The summed E-state index contributed by atoms with van der Waals surface area (Å²) in [6.45, 7) is 2.83. The van der Waals surface area contributed by atoms with Gasteiger partial charge in [0.05, 0.1) is 4.91 Å². The molecule has 0 aliphatic rings. The van der Waals surface area contributed by atoms with E-state index >= 15 is 0 Å². The summed E-state index contributed by atoms with van der Waals surface area (Å²) in [6, 6.07) is 0. The van der Waals surface area contributed by atoms with E-state index in [0.717, 1.165) is 11.8 Å². The monoisotopic (exact) mass is 231 g/mol. The molecule has 1 aromatic rings. The maximum absolute atomic E-state index is 11.1. The van der Waals surface area contributed by atoms with Gasteiger partial charge in [0.2, 0.25) is 5.13 Å². The number of thioether (sulfide) groups is 1. The molecule has 3 N–H and O–H groups in total. The molecule has 0 aliphatic carbocycles. The van der Waals surface area contributed by atoms with E-state index in [1.54, 1.807) is 0 Å². The van der Waals surface area contributed by atoms with Crippen LogP contribution in [0, 0.1) is 0 Å². The van der Waals surface area contributed by atoms with Crippen molar-refractivity contribution in [3.05, 3.63) is 10.7 Å². The van der Waals surface area contributed by atoms with Crippen molar-refractivity contribution in [2.45, 2.75) is 18.2 Å². The summed E-state index contributed by atoms with van der Waals surface area (Å²) in [5, 5.41) is 16.9. The van der Waals surface area contributed by atoms with Crippen LogP contribution in [0.5, 0.6) is 0 Å². The van der Waals surface area contributed by atoms with E-state index in [1.807, 2.05) is 0 Å². The Morgan fingerprint density at radius 3 is 2.50 bits per heavy atom. The fourth-order valence-electron chi connectivity index (χ4n) is 0.749. The van der Waals surface area contributed by atoms with Crippen molar-refractivity contribution in [3.63, 3.8) is 0 Å². The number of aromatic nitrogens is 2. The predicted octanol–water partition coefficient (Wildman–Crippen LogP) is 1.59. The van der Waals surface area contributed by atoms with Crippen LogP contribution in [0.2, 0.25) is 0 Å². The third-order valence-corrected chi connectivity index (χ3v) is 3.35. The highest BCUT2D eigenvalue weighted by Gasteiger charge is 2.13. The van der Waals surface area contributed by atoms with Crippen LogP contribution in [0.4, 0.5) is 5.13 Å². The normalized spacial score (nSPS) is 12.4. The molecule has 0 amide bonds. The number of anilines is 1. The number of rotatable bonds is 3. The molecule has 0 fully saturated rings. The number of carbonyl (C=O) groups excluding carboxylic acids is 1. The number of hydrogen-bond donors (Lipinski definition) is 2. The summed E-state index contributed by atoms with van der Waals surface area (Å²) < 4.78 is 0.543. The van der Waals surface area contributed by atoms with Crippen molar-refractivity contribution in [1.82, 2.24) is 10.2 Å². The highest BCUT2D eigenvalue weighted by Crippen LogP contribution is 2.31. The third-order valence-electron chi connectivity index (χ3n) is 1.26. The highest BCUT2D eigenvalue weighted by atomic mass is 32.2. The second-order valence-corrected chi connectivity index (χ2v) is 4.75. The van der Waals surface area contributed by atoms with Crippen LogP contribution in [-0.2, 0) is 4.79 Å². The van der Waals surface area contributed by atoms with Crippen LogP contribution in [0.3, 0.4) is 0 Å². The molecule has 0 saturated heterocycles. The smallest absolute Gasteiger partial charge is 0.203 e. The molecule has 0 bridgehead atoms. The van der Waals surface area contributed by atoms with Crippen molar-refractivity contribution in [2.75, 3.05) is 5.73 Å². The quantitative estimate of drug-likeness (QED) is 0.466. The number of ketones is 1. The van der Waals surface area contributed by atoms with Gasteiger partial charge in [-0.1, -0.05) is 11.3 Å². The molecule has 0 spiro atoms. The van der Waals surface area contributed by atoms with Crippen molar-refractivity contribution in [2.24, 2.45) is 0 Å². The number of Topliss-reactive ketones (excluding diaryl/α,β-unsaturated/α-hetero) is 1. The first-order valence-corrected chi connectivity index (χ1v) is 5.31. The summed E-state index contributed by atoms with van der Waals surface area (Å²) in [7, 11) is 0. The fraction of sp³-hybridized carbons (Fsp3) is 0.286. The van der Waals surface area contributed by atoms with Crippen LogP contribution < -0.4 is 5.73 Å². The highest BCUT2D eigenvalue weighted by molar-refractivity contribution is 8.05. The van der Waals surface area contributed by atoms with Crippen LogP contribution in [0.1, 0.15) is 13.8 Å². The van der Waals surface area contributed by atoms with Gasteiger partial charge >= 0.3 is 0 Å². The molecule has 0 aliphatic heterocycles. The third kappa shape index (κ3) is 2.71. The lowest BCUT2D eigenvalue weighted by atomic mass is 10.4. The molecule has 0 atom stereocenters. The van der Waals surface area contributed by atoms with E-state index in [-0.39, 0.29) is 16.4 Å². The van der Waals surface area contributed by atoms with E-state index in [1.165, 1.54) is 25.2 Å². The average Bonchev–Trinajstić information content (AvgIpc) is 2.46. The van der Waals surface area contributed by atoms with Gasteiger partial charge in [0.25, 0.3) is 0 Å². The molecule has 76 valence electrons. The second-order valence-electron chi connectivity index (χ2n) is 2.48. The number of nitrogens with two attached hydrogens (primary N) is 1. The molecule has 14 heavy (non-hydrogen) atoms. The van der Waals surface area contributed by atoms with Crippen LogP contribution >= 0.6 is 23.1 Å². The number of carbonyl (C=O) groups is 1. The van der Waals surface area contributed by atoms with Crippen molar-refractivity contribution in [3.8, 4) is 0 Å². The lowest BCUT2D eigenvalue weighted by molar-refractivity contribution is -0.113. The van der Waals surface area contributed by atoms with Gasteiger partial charge in [-0.25, -0.2) is 0 Å². The zero-order chi connectivity index (χ0) is 10.7.